The number of halogens is 2. The fourth-order valence-electron chi connectivity index (χ4n) is 6.76. The number of rotatable bonds is 5. The maximum Gasteiger partial charge on any atom is 0.303 e. The van der Waals surface area contributed by atoms with E-state index in [1.165, 1.54) is 23.0 Å². The summed E-state index contributed by atoms with van der Waals surface area (Å²) >= 11 is 6.42. The number of benzene rings is 1. The summed E-state index contributed by atoms with van der Waals surface area (Å²) in [5.41, 5.74) is -0.315. The molecule has 2 unspecified atom stereocenters. The van der Waals surface area contributed by atoms with Gasteiger partial charge in [-0.05, 0) is 74.0 Å². The molecule has 1 heterocycles. The molecule has 6 nitrogen and oxygen atoms in total. The van der Waals surface area contributed by atoms with Crippen LogP contribution in [0.5, 0.6) is 0 Å². The lowest BCUT2D eigenvalue weighted by molar-refractivity contribution is -0.151. The Balaban J connectivity index is 1.51. The van der Waals surface area contributed by atoms with Gasteiger partial charge in [-0.1, -0.05) is 17.7 Å². The van der Waals surface area contributed by atoms with Crippen molar-refractivity contribution < 1.29 is 14.3 Å². The molecule has 0 saturated heterocycles. The van der Waals surface area contributed by atoms with Gasteiger partial charge in [0.1, 0.15) is 10.8 Å². The zero-order chi connectivity index (χ0) is 21.1. The van der Waals surface area contributed by atoms with Crippen molar-refractivity contribution >= 4 is 28.9 Å². The van der Waals surface area contributed by atoms with Crippen molar-refractivity contribution in [2.24, 2.45) is 17.3 Å². The molecule has 4 fully saturated rings. The quantitative estimate of drug-likeness (QED) is 0.725. The lowest BCUT2D eigenvalue weighted by atomic mass is 9.46. The van der Waals surface area contributed by atoms with Crippen molar-refractivity contribution in [2.75, 3.05) is 5.32 Å². The lowest BCUT2D eigenvalue weighted by Crippen LogP contribution is -2.59. The molecule has 2 atom stereocenters. The number of carboxylic acid groups (broad SMARTS) is 1. The second-order valence-electron chi connectivity index (χ2n) is 9.48. The molecule has 0 aliphatic heterocycles. The minimum atomic E-state index is -0.778. The molecule has 2 aromatic rings. The van der Waals surface area contributed by atoms with Gasteiger partial charge in [0.2, 0.25) is 0 Å². The Labute approximate surface area is 178 Å². The first-order chi connectivity index (χ1) is 14.3. The van der Waals surface area contributed by atoms with E-state index in [-0.39, 0.29) is 22.4 Å². The number of aromatic nitrogens is 2. The molecular weight excluding hydrogens is 409 g/mol. The molecule has 8 heteroatoms. The van der Waals surface area contributed by atoms with Gasteiger partial charge in [0.15, 0.2) is 0 Å². The van der Waals surface area contributed by atoms with Crippen LogP contribution in [0.3, 0.4) is 0 Å². The van der Waals surface area contributed by atoms with Crippen molar-refractivity contribution in [3.05, 3.63) is 51.7 Å². The third-order valence-corrected chi connectivity index (χ3v) is 7.51. The van der Waals surface area contributed by atoms with Crippen LogP contribution in [-0.2, 0) is 10.3 Å². The Morgan fingerprint density at radius 3 is 2.70 bits per heavy atom. The summed E-state index contributed by atoms with van der Waals surface area (Å²) in [5, 5.41) is 16.9. The Kier molecular flexibility index (Phi) is 4.43. The molecule has 4 saturated carbocycles. The average molecular weight is 432 g/mol. The minimum absolute atomic E-state index is 0.0114. The van der Waals surface area contributed by atoms with Crippen LogP contribution in [0, 0.1) is 23.1 Å². The van der Waals surface area contributed by atoms with Crippen LogP contribution in [-0.4, -0.2) is 20.9 Å². The van der Waals surface area contributed by atoms with Crippen LogP contribution in [0.15, 0.2) is 35.3 Å². The molecular formula is C22H23ClFN3O3. The van der Waals surface area contributed by atoms with Gasteiger partial charge >= 0.3 is 5.97 Å². The highest BCUT2D eigenvalue weighted by Crippen LogP contribution is 2.65. The largest absolute Gasteiger partial charge is 0.481 e. The molecule has 1 aromatic carbocycles. The van der Waals surface area contributed by atoms with E-state index < -0.39 is 17.3 Å². The first kappa shape index (κ1) is 19.5. The molecule has 0 radical (unpaired) electrons. The van der Waals surface area contributed by atoms with E-state index >= 15 is 0 Å². The lowest BCUT2D eigenvalue weighted by Gasteiger charge is -2.61. The van der Waals surface area contributed by atoms with Crippen LogP contribution in [0.25, 0.3) is 0 Å². The number of anilines is 2. The molecule has 0 amide bonds. The molecule has 6 rings (SSSR count). The third-order valence-electron chi connectivity index (χ3n) is 7.15. The number of carbonyl (C=O) groups is 1. The molecule has 2 N–H and O–H groups in total. The topological polar surface area (TPSA) is 84.2 Å². The number of nitrogens with zero attached hydrogens (tertiary/aromatic N) is 2. The highest BCUT2D eigenvalue weighted by Gasteiger charge is 2.59. The van der Waals surface area contributed by atoms with Crippen LogP contribution in [0.1, 0.15) is 44.9 Å². The monoisotopic (exact) mass is 431 g/mol. The van der Waals surface area contributed by atoms with Crippen LogP contribution in [0.2, 0.25) is 5.02 Å². The number of hydrogen-bond donors (Lipinski definition) is 2. The molecule has 30 heavy (non-hydrogen) atoms. The summed E-state index contributed by atoms with van der Waals surface area (Å²) in [4.78, 5) is 24.8. The summed E-state index contributed by atoms with van der Waals surface area (Å²) in [5.74, 6) is -0.332. The van der Waals surface area contributed by atoms with E-state index in [1.807, 2.05) is 0 Å². The average Bonchev–Trinajstić information content (AvgIpc) is 2.63. The van der Waals surface area contributed by atoms with E-state index in [9.17, 15) is 19.1 Å². The summed E-state index contributed by atoms with van der Waals surface area (Å²) in [7, 11) is 0. The van der Waals surface area contributed by atoms with Gasteiger partial charge in [0.05, 0.1) is 23.8 Å². The minimum Gasteiger partial charge on any atom is -0.481 e. The van der Waals surface area contributed by atoms with Crippen molar-refractivity contribution in [3.8, 4) is 0 Å². The van der Waals surface area contributed by atoms with Crippen molar-refractivity contribution in [1.29, 1.82) is 0 Å². The normalized spacial score (nSPS) is 31.7. The summed E-state index contributed by atoms with van der Waals surface area (Å²) < 4.78 is 15.0. The van der Waals surface area contributed by atoms with Crippen LogP contribution in [0.4, 0.5) is 15.8 Å². The molecule has 4 aliphatic rings. The first-order valence-corrected chi connectivity index (χ1v) is 10.7. The highest BCUT2D eigenvalue weighted by molar-refractivity contribution is 6.33. The predicted molar refractivity (Wildman–Crippen MR) is 111 cm³/mol. The Bertz CT molecular complexity index is 1070. The van der Waals surface area contributed by atoms with E-state index in [0.29, 0.717) is 29.6 Å². The van der Waals surface area contributed by atoms with Crippen LogP contribution >= 0.6 is 11.6 Å². The summed E-state index contributed by atoms with van der Waals surface area (Å²) in [6.07, 6.45) is 6.92. The number of carboxylic acids is 1. The Hall–Kier alpha value is -2.41. The van der Waals surface area contributed by atoms with Crippen LogP contribution < -0.4 is 10.9 Å². The smallest absolute Gasteiger partial charge is 0.303 e. The fraction of sp³-hybridized carbons (Fsp3) is 0.500. The number of aliphatic carboxylic acids is 1. The zero-order valence-corrected chi connectivity index (χ0v) is 17.2. The third kappa shape index (κ3) is 3.20. The van der Waals surface area contributed by atoms with E-state index in [4.69, 9.17) is 11.6 Å². The number of nitrogens with one attached hydrogen (secondary N) is 1. The first-order valence-electron chi connectivity index (χ1n) is 10.3. The maximum atomic E-state index is 13.5. The number of hydrogen-bond acceptors (Lipinski definition) is 4. The summed E-state index contributed by atoms with van der Waals surface area (Å²) in [6, 6.07) is 5.90. The van der Waals surface area contributed by atoms with Gasteiger partial charge in [-0.2, -0.15) is 5.10 Å². The molecule has 4 aliphatic carbocycles. The SMILES string of the molecule is O=C(O)CC12CC3CC(C1)CC(n1ncc(Nc4cccc(F)c4)c(Cl)c1=O)(C3)C2. The van der Waals surface area contributed by atoms with Gasteiger partial charge in [-0.25, -0.2) is 9.07 Å². The second kappa shape index (κ2) is 6.80. The Morgan fingerprint density at radius 2 is 2.03 bits per heavy atom. The highest BCUT2D eigenvalue weighted by atomic mass is 35.5. The zero-order valence-electron chi connectivity index (χ0n) is 16.4. The van der Waals surface area contributed by atoms with Gasteiger partial charge in [-0.3, -0.25) is 9.59 Å². The second-order valence-corrected chi connectivity index (χ2v) is 9.86. The fourth-order valence-corrected chi connectivity index (χ4v) is 6.93. The Morgan fingerprint density at radius 1 is 1.30 bits per heavy atom. The van der Waals surface area contributed by atoms with E-state index in [2.05, 4.69) is 10.4 Å². The predicted octanol–water partition coefficient (Wildman–Crippen LogP) is 4.55. The van der Waals surface area contributed by atoms with Gasteiger partial charge < -0.3 is 10.4 Å². The molecule has 1 aromatic heterocycles. The van der Waals surface area contributed by atoms with Crippen molar-refractivity contribution in [1.82, 2.24) is 9.78 Å². The van der Waals surface area contributed by atoms with Crippen molar-refractivity contribution in [3.63, 3.8) is 0 Å². The van der Waals surface area contributed by atoms with E-state index in [1.54, 1.807) is 12.1 Å². The maximum absolute atomic E-state index is 13.5. The summed E-state index contributed by atoms with van der Waals surface area (Å²) in [6.45, 7) is 0. The van der Waals surface area contributed by atoms with E-state index in [0.717, 1.165) is 32.1 Å². The van der Waals surface area contributed by atoms with Gasteiger partial charge in [0.25, 0.3) is 5.56 Å². The standard InChI is InChI=1S/C22H23ClFN3O3/c23-19-17(26-16-3-1-2-15(24)5-16)11-25-27(20(19)30)22-8-13-4-14(9-22)7-21(6-13,12-22)10-18(28)29/h1-3,5,11,13-14,26H,4,6-10,12H2,(H,28,29). The molecule has 158 valence electrons. The van der Waals surface area contributed by atoms with Gasteiger partial charge in [-0.15, -0.1) is 0 Å². The molecule has 0 spiro atoms. The molecule has 4 bridgehead atoms. The van der Waals surface area contributed by atoms with Crippen molar-refractivity contribution in [2.45, 2.75) is 50.5 Å². The van der Waals surface area contributed by atoms with Gasteiger partial charge in [0, 0.05) is 5.69 Å².